The summed E-state index contributed by atoms with van der Waals surface area (Å²) in [5, 5.41) is 12.3. The number of hydrogen-bond acceptors (Lipinski definition) is 5. The third kappa shape index (κ3) is 8.21. The lowest BCUT2D eigenvalue weighted by molar-refractivity contribution is -0.698. The van der Waals surface area contributed by atoms with E-state index in [9.17, 15) is 0 Å². The van der Waals surface area contributed by atoms with Gasteiger partial charge in [-0.3, -0.25) is 4.89 Å². The van der Waals surface area contributed by atoms with E-state index in [4.69, 9.17) is 0 Å². The quantitative estimate of drug-likeness (QED) is 0.459. The van der Waals surface area contributed by atoms with Crippen LogP contribution in [0.4, 0.5) is 0 Å². The maximum absolute atomic E-state index is 4.63. The van der Waals surface area contributed by atoms with Crippen LogP contribution in [-0.2, 0) is 24.9 Å². The van der Waals surface area contributed by atoms with Gasteiger partial charge in [-0.1, -0.05) is 31.6 Å². The summed E-state index contributed by atoms with van der Waals surface area (Å²) in [4.78, 5) is 8.96. The lowest BCUT2D eigenvalue weighted by atomic mass is 10.1. The van der Waals surface area contributed by atoms with Crippen molar-refractivity contribution in [1.82, 2.24) is 0 Å². The minimum Gasteiger partial charge on any atom is -0.250 e. The van der Waals surface area contributed by atoms with E-state index < -0.39 is 0 Å². The molecular formula is C10H16O5. The Labute approximate surface area is 89.3 Å². The summed E-state index contributed by atoms with van der Waals surface area (Å²) >= 11 is 0. The second-order valence-electron chi connectivity index (χ2n) is 3.26. The molecule has 5 nitrogen and oxygen atoms in total. The first-order chi connectivity index (χ1) is 7.50. The van der Waals surface area contributed by atoms with Crippen LogP contribution in [0.5, 0.6) is 0 Å². The van der Waals surface area contributed by atoms with Gasteiger partial charge in [0.1, 0.15) is 0 Å². The molecule has 86 valence electrons. The van der Waals surface area contributed by atoms with E-state index >= 15 is 0 Å². The highest BCUT2D eigenvalue weighted by molar-refractivity contribution is 4.89. The van der Waals surface area contributed by atoms with E-state index in [-0.39, 0.29) is 0 Å². The molecule has 1 aliphatic rings. The van der Waals surface area contributed by atoms with Crippen molar-refractivity contribution >= 4 is 0 Å². The zero-order valence-corrected chi connectivity index (χ0v) is 8.70. The van der Waals surface area contributed by atoms with Crippen LogP contribution in [0, 0.1) is 12.0 Å². The summed E-state index contributed by atoms with van der Waals surface area (Å²) in [7, 11) is 0. The third-order valence-electron chi connectivity index (χ3n) is 2.03. The van der Waals surface area contributed by atoms with Gasteiger partial charge in [-0.05, 0) is 17.9 Å². The lowest BCUT2D eigenvalue weighted by Crippen LogP contribution is -1.99. The summed E-state index contributed by atoms with van der Waals surface area (Å²) in [5.74, 6) is 2.78. The van der Waals surface area contributed by atoms with E-state index in [1.807, 2.05) is 0 Å². The van der Waals surface area contributed by atoms with Gasteiger partial charge in [0.15, 0.2) is 6.11 Å². The SMILES string of the molecule is C1#COOOOOCCCCCCCC1. The monoisotopic (exact) mass is 216 g/mol. The fraction of sp³-hybridized carbons (Fsp3) is 0.800. The molecule has 5 heteroatoms. The Kier molecular flexibility index (Phi) is 7.97. The van der Waals surface area contributed by atoms with E-state index in [0.29, 0.717) is 6.61 Å². The first-order valence-corrected chi connectivity index (χ1v) is 5.26. The Morgan fingerprint density at radius 2 is 1.53 bits per heavy atom. The minimum absolute atomic E-state index is 0.481. The van der Waals surface area contributed by atoms with Gasteiger partial charge in [-0.2, -0.15) is 0 Å². The minimum atomic E-state index is 0.481. The van der Waals surface area contributed by atoms with Gasteiger partial charge in [0, 0.05) is 16.5 Å². The fourth-order valence-corrected chi connectivity index (χ4v) is 1.26. The van der Waals surface area contributed by atoms with Crippen LogP contribution in [0.25, 0.3) is 0 Å². The second kappa shape index (κ2) is 9.74. The normalized spacial score (nSPS) is 21.3. The van der Waals surface area contributed by atoms with Gasteiger partial charge >= 0.3 is 0 Å². The standard InChI is InChI=1S/C10H16O5/c1-2-4-6-8-10-12-14-15-13-11-9-7-5-3-1/h1-7,9H2. The molecule has 1 heterocycles. The predicted molar refractivity (Wildman–Crippen MR) is 50.4 cm³/mol. The van der Waals surface area contributed by atoms with Crippen molar-refractivity contribution in [2.45, 2.75) is 44.9 Å². The Hall–Kier alpha value is -0.800. The highest BCUT2D eigenvalue weighted by atomic mass is 17.8. The molecule has 0 aromatic carbocycles. The van der Waals surface area contributed by atoms with Gasteiger partial charge in [0.05, 0.1) is 6.61 Å². The smallest absolute Gasteiger partial charge is 0.160 e. The summed E-state index contributed by atoms with van der Waals surface area (Å²) in [6.07, 6.45) is 9.94. The molecule has 0 radical (unpaired) electrons. The summed E-state index contributed by atoms with van der Waals surface area (Å²) < 4.78 is 0. The summed E-state index contributed by atoms with van der Waals surface area (Å²) in [6.45, 7) is 0.481. The highest BCUT2D eigenvalue weighted by Crippen LogP contribution is 2.07. The second-order valence-corrected chi connectivity index (χ2v) is 3.26. The van der Waals surface area contributed by atoms with Gasteiger partial charge in [-0.15, -0.1) is 0 Å². The average Bonchev–Trinajstić information content (AvgIpc) is 2.27. The van der Waals surface area contributed by atoms with Crippen LogP contribution in [0.3, 0.4) is 0 Å². The topological polar surface area (TPSA) is 46.2 Å². The molecule has 1 aliphatic heterocycles. The van der Waals surface area contributed by atoms with Crippen LogP contribution in [0.2, 0.25) is 0 Å². The van der Waals surface area contributed by atoms with E-state index in [0.717, 1.165) is 25.7 Å². The Bertz CT molecular complexity index is 178. The lowest BCUT2D eigenvalue weighted by Gasteiger charge is -2.00. The third-order valence-corrected chi connectivity index (χ3v) is 2.03. The maximum atomic E-state index is 4.63. The molecule has 0 amide bonds. The Balaban J connectivity index is 2.10. The molecule has 0 fully saturated rings. The number of rotatable bonds is 0. The number of hydrogen-bond donors (Lipinski definition) is 0. The summed E-state index contributed by atoms with van der Waals surface area (Å²) in [6, 6.07) is 0. The van der Waals surface area contributed by atoms with E-state index in [2.05, 4.69) is 36.9 Å². The molecule has 0 spiro atoms. The molecule has 0 bridgehead atoms. The predicted octanol–water partition coefficient (Wildman–Crippen LogP) is 2.43. The van der Waals surface area contributed by atoms with Crippen LogP contribution >= 0.6 is 0 Å². The zero-order valence-electron chi connectivity index (χ0n) is 8.70. The van der Waals surface area contributed by atoms with Crippen molar-refractivity contribution < 1.29 is 24.9 Å². The van der Waals surface area contributed by atoms with E-state index in [1.165, 1.54) is 19.3 Å². The fourth-order valence-electron chi connectivity index (χ4n) is 1.26. The van der Waals surface area contributed by atoms with Crippen molar-refractivity contribution in [3.05, 3.63) is 0 Å². The van der Waals surface area contributed by atoms with Crippen molar-refractivity contribution in [1.29, 1.82) is 0 Å². The molecule has 15 heavy (non-hydrogen) atoms. The molecule has 0 saturated carbocycles. The van der Waals surface area contributed by atoms with Crippen molar-refractivity contribution in [3.63, 3.8) is 0 Å². The van der Waals surface area contributed by atoms with Crippen molar-refractivity contribution in [3.8, 4) is 12.0 Å². The van der Waals surface area contributed by atoms with Crippen molar-refractivity contribution in [2.24, 2.45) is 0 Å². The molecule has 0 aromatic rings. The molecule has 1 rings (SSSR count). The first-order valence-electron chi connectivity index (χ1n) is 5.26. The van der Waals surface area contributed by atoms with Crippen LogP contribution in [-0.4, -0.2) is 6.61 Å². The average molecular weight is 216 g/mol. The molecule has 0 unspecified atom stereocenters. The summed E-state index contributed by atoms with van der Waals surface area (Å²) in [5.41, 5.74) is 0. The van der Waals surface area contributed by atoms with Crippen molar-refractivity contribution in [2.75, 3.05) is 6.61 Å². The Morgan fingerprint density at radius 3 is 2.47 bits per heavy atom. The largest absolute Gasteiger partial charge is 0.250 e. The highest BCUT2D eigenvalue weighted by Gasteiger charge is 1.94. The molecular weight excluding hydrogens is 200 g/mol. The first kappa shape index (κ1) is 12.3. The van der Waals surface area contributed by atoms with Crippen LogP contribution in [0.15, 0.2) is 0 Å². The van der Waals surface area contributed by atoms with E-state index in [1.54, 1.807) is 0 Å². The molecule has 0 aromatic heterocycles. The molecule has 0 atom stereocenters. The van der Waals surface area contributed by atoms with Gasteiger partial charge in [-0.25, -0.2) is 4.89 Å². The molecule has 0 saturated heterocycles. The molecule has 0 N–H and O–H groups in total. The van der Waals surface area contributed by atoms with Crippen LogP contribution in [0.1, 0.15) is 44.9 Å². The zero-order chi connectivity index (χ0) is 10.6. The molecule has 0 aliphatic carbocycles. The van der Waals surface area contributed by atoms with Gasteiger partial charge < -0.3 is 0 Å². The van der Waals surface area contributed by atoms with Gasteiger partial charge in [0.2, 0.25) is 0 Å². The van der Waals surface area contributed by atoms with Gasteiger partial charge in [0.25, 0.3) is 0 Å². The van der Waals surface area contributed by atoms with Crippen LogP contribution < -0.4 is 0 Å². The maximum Gasteiger partial charge on any atom is 0.160 e. The Morgan fingerprint density at radius 1 is 0.733 bits per heavy atom.